The number of nitrogens with two attached hydrogens (primary N) is 1. The quantitative estimate of drug-likeness (QED) is 0.757. The van der Waals surface area contributed by atoms with Gasteiger partial charge in [-0.2, -0.15) is 0 Å². The lowest BCUT2D eigenvalue weighted by molar-refractivity contribution is -0.118. The molecule has 0 bridgehead atoms. The van der Waals surface area contributed by atoms with Gasteiger partial charge in [-0.05, 0) is 49.8 Å². The second-order valence-electron chi connectivity index (χ2n) is 7.70. The molecule has 0 saturated heterocycles. The molecule has 0 spiro atoms. The minimum atomic E-state index is -0.495. The number of aromatic nitrogens is 2. The van der Waals surface area contributed by atoms with Crippen molar-refractivity contribution in [3.63, 3.8) is 0 Å². The summed E-state index contributed by atoms with van der Waals surface area (Å²) in [4.78, 5) is 28.5. The Morgan fingerprint density at radius 1 is 1.17 bits per heavy atom. The Hall–Kier alpha value is -1.89. The molecule has 6 nitrogen and oxygen atoms in total. The van der Waals surface area contributed by atoms with E-state index in [9.17, 15) is 9.59 Å². The topological polar surface area (TPSA) is 90.0 Å². The van der Waals surface area contributed by atoms with Crippen LogP contribution in [0, 0.1) is 18.8 Å². The Kier molecular flexibility index (Phi) is 9.33. The van der Waals surface area contributed by atoms with Crippen LogP contribution in [0.15, 0.2) is 35.3 Å². The number of nitrogens with zero attached hydrogens (tertiary/aromatic N) is 2. The maximum atomic E-state index is 12.5. The molecule has 0 aliphatic heterocycles. The first-order valence-corrected chi connectivity index (χ1v) is 9.56. The highest BCUT2D eigenvalue weighted by Crippen LogP contribution is 2.30. The number of carbonyl (C=O) groups is 1. The summed E-state index contributed by atoms with van der Waals surface area (Å²) in [5, 5.41) is 2.83. The summed E-state index contributed by atoms with van der Waals surface area (Å²) in [5.74, 6) is 1.29. The number of hydrogen-bond donors (Lipinski definition) is 2. The van der Waals surface area contributed by atoms with E-state index in [1.54, 1.807) is 36.0 Å². The van der Waals surface area contributed by atoms with Gasteiger partial charge in [0.15, 0.2) is 0 Å². The van der Waals surface area contributed by atoms with E-state index in [-0.39, 0.29) is 42.2 Å². The summed E-state index contributed by atoms with van der Waals surface area (Å²) in [5.41, 5.74) is 8.85. The van der Waals surface area contributed by atoms with Crippen LogP contribution in [0.3, 0.4) is 0 Å². The fourth-order valence-corrected chi connectivity index (χ4v) is 3.73. The van der Waals surface area contributed by atoms with Crippen LogP contribution >= 0.6 is 24.8 Å². The average Bonchev–Trinajstić information content (AvgIpc) is 2.67. The SMILES string of the molecule is Cc1c(-c2ccc(NC(=O)[C@@H](N)C3CCC(C)CC3)nc2)ccc(=O)n1C.Cl.Cl. The third-order valence-electron chi connectivity index (χ3n) is 5.81. The van der Waals surface area contributed by atoms with E-state index in [0.717, 1.165) is 48.4 Å². The maximum Gasteiger partial charge on any atom is 0.250 e. The van der Waals surface area contributed by atoms with Gasteiger partial charge in [-0.3, -0.25) is 9.59 Å². The first-order valence-electron chi connectivity index (χ1n) is 9.56. The molecule has 160 valence electrons. The highest BCUT2D eigenvalue weighted by molar-refractivity contribution is 5.94. The molecular weight excluding hydrogens is 411 g/mol. The zero-order chi connectivity index (χ0) is 19.6. The molecule has 2 aromatic heterocycles. The van der Waals surface area contributed by atoms with Crippen LogP contribution in [0.25, 0.3) is 11.1 Å². The number of carbonyl (C=O) groups excluding carboxylic acids is 1. The Labute approximate surface area is 184 Å². The molecule has 2 aromatic rings. The minimum Gasteiger partial charge on any atom is -0.320 e. The van der Waals surface area contributed by atoms with Crippen LogP contribution in [-0.4, -0.2) is 21.5 Å². The molecule has 3 rings (SSSR count). The monoisotopic (exact) mass is 440 g/mol. The lowest BCUT2D eigenvalue weighted by atomic mass is 9.79. The number of anilines is 1. The van der Waals surface area contributed by atoms with Crippen molar-refractivity contribution < 1.29 is 4.79 Å². The molecule has 0 unspecified atom stereocenters. The van der Waals surface area contributed by atoms with Crippen molar-refractivity contribution in [2.75, 3.05) is 5.32 Å². The summed E-state index contributed by atoms with van der Waals surface area (Å²) >= 11 is 0. The van der Waals surface area contributed by atoms with Crippen LogP contribution < -0.4 is 16.6 Å². The summed E-state index contributed by atoms with van der Waals surface area (Å²) in [6, 6.07) is 6.51. The molecule has 1 atom stereocenters. The first kappa shape index (κ1) is 25.1. The molecule has 1 aliphatic rings. The molecule has 1 saturated carbocycles. The molecule has 1 fully saturated rings. The summed E-state index contributed by atoms with van der Waals surface area (Å²) in [6.45, 7) is 4.15. The van der Waals surface area contributed by atoms with Crippen LogP contribution in [0.1, 0.15) is 38.3 Å². The number of rotatable bonds is 4. The van der Waals surface area contributed by atoms with Crippen LogP contribution in [0.2, 0.25) is 0 Å². The van der Waals surface area contributed by atoms with E-state index in [4.69, 9.17) is 5.73 Å². The Morgan fingerprint density at radius 3 is 2.41 bits per heavy atom. The zero-order valence-corrected chi connectivity index (χ0v) is 18.7. The van der Waals surface area contributed by atoms with Gasteiger partial charge in [0.05, 0.1) is 6.04 Å². The lowest BCUT2D eigenvalue weighted by Gasteiger charge is -2.29. The third kappa shape index (κ3) is 5.81. The smallest absolute Gasteiger partial charge is 0.250 e. The number of amides is 1. The van der Waals surface area contributed by atoms with Crippen molar-refractivity contribution in [1.29, 1.82) is 0 Å². The molecule has 0 aromatic carbocycles. The minimum absolute atomic E-state index is 0. The van der Waals surface area contributed by atoms with Gasteiger partial charge in [-0.25, -0.2) is 4.98 Å². The van der Waals surface area contributed by atoms with Gasteiger partial charge in [0.1, 0.15) is 5.82 Å². The van der Waals surface area contributed by atoms with E-state index in [1.807, 2.05) is 13.0 Å². The van der Waals surface area contributed by atoms with Crippen LogP contribution in [0.4, 0.5) is 5.82 Å². The van der Waals surface area contributed by atoms with Crippen molar-refractivity contribution in [3.05, 3.63) is 46.5 Å². The molecule has 1 aliphatic carbocycles. The predicted octanol–water partition coefficient (Wildman–Crippen LogP) is 3.69. The van der Waals surface area contributed by atoms with Gasteiger partial charge in [-0.1, -0.05) is 19.8 Å². The molecular formula is C21H30Cl2N4O2. The van der Waals surface area contributed by atoms with E-state index >= 15 is 0 Å². The van der Waals surface area contributed by atoms with Crippen LogP contribution in [-0.2, 0) is 11.8 Å². The Balaban J connectivity index is 0.00000210. The highest BCUT2D eigenvalue weighted by atomic mass is 35.5. The zero-order valence-electron chi connectivity index (χ0n) is 17.1. The standard InChI is InChI=1S/C21H28N4O2.2ClH/c1-13-4-6-15(7-5-13)20(22)21(27)24-18-10-8-16(12-23-18)17-9-11-19(26)25(3)14(17)2;;/h8-13,15,20H,4-7,22H2,1-3H3,(H,23,24,27);2*1H/t13?,15?,20-;;/m0../s1. The fraction of sp³-hybridized carbons (Fsp3) is 0.476. The highest BCUT2D eigenvalue weighted by Gasteiger charge is 2.28. The normalized spacial score (nSPS) is 19.4. The van der Waals surface area contributed by atoms with E-state index in [0.29, 0.717) is 5.82 Å². The number of nitrogens with one attached hydrogen (secondary N) is 1. The summed E-state index contributed by atoms with van der Waals surface area (Å²) < 4.78 is 1.61. The number of hydrogen-bond acceptors (Lipinski definition) is 4. The fourth-order valence-electron chi connectivity index (χ4n) is 3.73. The van der Waals surface area contributed by atoms with Crippen molar-refractivity contribution in [2.45, 2.75) is 45.6 Å². The van der Waals surface area contributed by atoms with Crippen molar-refractivity contribution in [2.24, 2.45) is 24.6 Å². The number of pyridine rings is 2. The van der Waals surface area contributed by atoms with E-state index in [2.05, 4.69) is 17.2 Å². The largest absolute Gasteiger partial charge is 0.320 e. The average molecular weight is 441 g/mol. The lowest BCUT2D eigenvalue weighted by Crippen LogP contribution is -2.43. The first-order chi connectivity index (χ1) is 12.9. The van der Waals surface area contributed by atoms with E-state index < -0.39 is 6.04 Å². The number of halogens is 2. The van der Waals surface area contributed by atoms with Gasteiger partial charge in [0.25, 0.3) is 0 Å². The summed E-state index contributed by atoms with van der Waals surface area (Å²) in [7, 11) is 1.75. The third-order valence-corrected chi connectivity index (χ3v) is 5.81. The molecule has 1 amide bonds. The van der Waals surface area contributed by atoms with Crippen molar-refractivity contribution in [1.82, 2.24) is 9.55 Å². The second kappa shape index (κ2) is 10.8. The van der Waals surface area contributed by atoms with Gasteiger partial charge in [0.2, 0.25) is 11.5 Å². The second-order valence-corrected chi connectivity index (χ2v) is 7.70. The Bertz CT molecular complexity index is 875. The van der Waals surface area contributed by atoms with Crippen LogP contribution in [0.5, 0.6) is 0 Å². The van der Waals surface area contributed by atoms with Crippen molar-refractivity contribution in [3.8, 4) is 11.1 Å². The summed E-state index contributed by atoms with van der Waals surface area (Å²) in [6.07, 6.45) is 5.99. The van der Waals surface area contributed by atoms with Crippen molar-refractivity contribution >= 4 is 36.5 Å². The van der Waals surface area contributed by atoms with E-state index in [1.165, 1.54) is 0 Å². The molecule has 3 N–H and O–H groups in total. The molecule has 29 heavy (non-hydrogen) atoms. The predicted molar refractivity (Wildman–Crippen MR) is 122 cm³/mol. The molecule has 0 radical (unpaired) electrons. The van der Waals surface area contributed by atoms with Gasteiger partial charge in [0, 0.05) is 36.1 Å². The molecule has 2 heterocycles. The maximum absolute atomic E-state index is 12.5. The molecule has 8 heteroatoms. The van der Waals surface area contributed by atoms with Gasteiger partial charge >= 0.3 is 0 Å². The van der Waals surface area contributed by atoms with Gasteiger partial charge in [-0.15, -0.1) is 24.8 Å². The van der Waals surface area contributed by atoms with Gasteiger partial charge < -0.3 is 15.6 Å². The Morgan fingerprint density at radius 2 is 1.83 bits per heavy atom.